The highest BCUT2D eigenvalue weighted by Gasteiger charge is 2.15. The first-order chi connectivity index (χ1) is 8.28. The molecule has 0 unspecified atom stereocenters. The fourth-order valence-electron chi connectivity index (χ4n) is 1.22. The third kappa shape index (κ3) is 3.61. The maximum Gasteiger partial charge on any atom is 0.236 e. The molecule has 17 heavy (non-hydrogen) atoms. The SMILES string of the molecule is CSc1ccc(C=NN=C2NC(=O)CS2)cc1. The Kier molecular flexibility index (Phi) is 4.22. The van der Waals surface area contributed by atoms with Crippen molar-refractivity contribution in [3.8, 4) is 0 Å². The van der Waals surface area contributed by atoms with Gasteiger partial charge in [0, 0.05) is 4.90 Å². The summed E-state index contributed by atoms with van der Waals surface area (Å²) in [4.78, 5) is 12.1. The van der Waals surface area contributed by atoms with Gasteiger partial charge in [0.25, 0.3) is 0 Å². The molecular weight excluding hydrogens is 254 g/mol. The molecule has 1 fully saturated rings. The van der Waals surface area contributed by atoms with Crippen molar-refractivity contribution < 1.29 is 4.79 Å². The van der Waals surface area contributed by atoms with Gasteiger partial charge in [-0.2, -0.15) is 5.10 Å². The molecule has 1 aliphatic rings. The Morgan fingerprint density at radius 2 is 2.18 bits per heavy atom. The Morgan fingerprint density at radius 1 is 1.41 bits per heavy atom. The number of benzene rings is 1. The van der Waals surface area contributed by atoms with Crippen LogP contribution in [-0.2, 0) is 4.79 Å². The minimum atomic E-state index is -0.0201. The van der Waals surface area contributed by atoms with E-state index in [1.165, 1.54) is 16.7 Å². The summed E-state index contributed by atoms with van der Waals surface area (Å²) in [7, 11) is 0. The Balaban J connectivity index is 1.98. The number of nitrogens with one attached hydrogen (secondary N) is 1. The van der Waals surface area contributed by atoms with Crippen molar-refractivity contribution >= 4 is 40.8 Å². The molecule has 88 valence electrons. The molecule has 0 aromatic heterocycles. The topological polar surface area (TPSA) is 53.8 Å². The molecular formula is C11H11N3OS2. The Hall–Kier alpha value is -1.27. The Bertz CT molecular complexity index is 468. The Morgan fingerprint density at radius 3 is 2.76 bits per heavy atom. The molecule has 2 rings (SSSR count). The van der Waals surface area contributed by atoms with Crippen molar-refractivity contribution in [3.63, 3.8) is 0 Å². The van der Waals surface area contributed by atoms with E-state index < -0.39 is 0 Å². The smallest absolute Gasteiger partial charge is 0.236 e. The van der Waals surface area contributed by atoms with Gasteiger partial charge in [-0.1, -0.05) is 23.9 Å². The molecule has 1 N–H and O–H groups in total. The summed E-state index contributed by atoms with van der Waals surface area (Å²) in [5.74, 6) is 0.407. The van der Waals surface area contributed by atoms with Crippen molar-refractivity contribution in [3.05, 3.63) is 29.8 Å². The van der Waals surface area contributed by atoms with Gasteiger partial charge in [0.15, 0.2) is 5.17 Å². The van der Waals surface area contributed by atoms with Crippen LogP contribution in [0.2, 0.25) is 0 Å². The van der Waals surface area contributed by atoms with Crippen LogP contribution in [0.15, 0.2) is 39.4 Å². The van der Waals surface area contributed by atoms with E-state index in [2.05, 4.69) is 15.5 Å². The molecule has 0 saturated carbocycles. The summed E-state index contributed by atoms with van der Waals surface area (Å²) in [6, 6.07) is 8.03. The van der Waals surface area contributed by atoms with Crippen LogP contribution in [0, 0.1) is 0 Å². The van der Waals surface area contributed by atoms with Crippen LogP contribution in [0.1, 0.15) is 5.56 Å². The predicted octanol–water partition coefficient (Wildman–Crippen LogP) is 1.96. The zero-order chi connectivity index (χ0) is 12.1. The summed E-state index contributed by atoms with van der Waals surface area (Å²) in [5, 5.41) is 11.0. The third-order valence-electron chi connectivity index (χ3n) is 2.06. The molecule has 0 bridgehead atoms. The number of carbonyl (C=O) groups is 1. The van der Waals surface area contributed by atoms with Gasteiger partial charge in [0.2, 0.25) is 5.91 Å². The van der Waals surface area contributed by atoms with Gasteiger partial charge in [-0.25, -0.2) is 0 Å². The molecule has 1 heterocycles. The second-order valence-corrected chi connectivity index (χ2v) is 5.10. The van der Waals surface area contributed by atoms with Crippen molar-refractivity contribution in [1.82, 2.24) is 5.32 Å². The van der Waals surface area contributed by atoms with Crippen LogP contribution in [0.4, 0.5) is 0 Å². The van der Waals surface area contributed by atoms with Gasteiger partial charge < -0.3 is 5.32 Å². The average molecular weight is 265 g/mol. The van der Waals surface area contributed by atoms with Crippen LogP contribution in [0.25, 0.3) is 0 Å². The van der Waals surface area contributed by atoms with Gasteiger partial charge in [0.05, 0.1) is 12.0 Å². The van der Waals surface area contributed by atoms with E-state index in [1.807, 2.05) is 30.5 Å². The quantitative estimate of drug-likeness (QED) is 0.516. The van der Waals surface area contributed by atoms with Crippen molar-refractivity contribution in [1.29, 1.82) is 0 Å². The highest BCUT2D eigenvalue weighted by Crippen LogP contribution is 2.14. The van der Waals surface area contributed by atoms with Gasteiger partial charge in [0.1, 0.15) is 0 Å². The normalized spacial score (nSPS) is 17.9. The number of thioether (sulfide) groups is 2. The standard InChI is InChI=1S/C11H11N3OS2/c1-16-9-4-2-8(3-5-9)6-12-14-11-13-10(15)7-17-11/h2-6H,7H2,1H3,(H,13,14,15). The first-order valence-corrected chi connectivity index (χ1v) is 7.17. The van der Waals surface area contributed by atoms with Crippen LogP contribution in [0.3, 0.4) is 0 Å². The van der Waals surface area contributed by atoms with E-state index >= 15 is 0 Å². The lowest BCUT2D eigenvalue weighted by molar-refractivity contribution is -0.116. The molecule has 0 spiro atoms. The second-order valence-electron chi connectivity index (χ2n) is 3.26. The monoisotopic (exact) mass is 265 g/mol. The number of amidine groups is 1. The number of hydrogen-bond donors (Lipinski definition) is 1. The van der Waals surface area contributed by atoms with Crippen LogP contribution >= 0.6 is 23.5 Å². The molecule has 1 aromatic rings. The first kappa shape index (κ1) is 12.2. The zero-order valence-electron chi connectivity index (χ0n) is 9.21. The summed E-state index contributed by atoms with van der Waals surface area (Å²) in [5.41, 5.74) is 0.987. The number of rotatable bonds is 3. The molecule has 1 aliphatic heterocycles. The van der Waals surface area contributed by atoms with E-state index in [4.69, 9.17) is 0 Å². The van der Waals surface area contributed by atoms with E-state index in [1.54, 1.807) is 18.0 Å². The first-order valence-electron chi connectivity index (χ1n) is 4.95. The minimum absolute atomic E-state index is 0.0201. The van der Waals surface area contributed by atoms with Gasteiger partial charge in [-0.05, 0) is 24.0 Å². The maximum atomic E-state index is 10.9. The molecule has 6 heteroatoms. The summed E-state index contributed by atoms with van der Waals surface area (Å²) in [6.07, 6.45) is 3.71. The number of carbonyl (C=O) groups excluding carboxylic acids is 1. The second kappa shape index (κ2) is 5.88. The van der Waals surface area contributed by atoms with Crippen molar-refractivity contribution in [2.75, 3.05) is 12.0 Å². The van der Waals surface area contributed by atoms with Crippen molar-refractivity contribution in [2.24, 2.45) is 10.2 Å². The Labute approximate surface area is 108 Å². The molecule has 1 saturated heterocycles. The van der Waals surface area contributed by atoms with Gasteiger partial charge in [-0.15, -0.1) is 16.9 Å². The molecule has 0 radical (unpaired) electrons. The molecule has 0 atom stereocenters. The fraction of sp³-hybridized carbons (Fsp3) is 0.182. The molecule has 1 aromatic carbocycles. The molecule has 4 nitrogen and oxygen atoms in total. The van der Waals surface area contributed by atoms with E-state index in [0.29, 0.717) is 10.9 Å². The lowest BCUT2D eigenvalue weighted by Crippen LogP contribution is -2.19. The number of hydrogen-bond acceptors (Lipinski definition) is 5. The third-order valence-corrected chi connectivity index (χ3v) is 3.66. The van der Waals surface area contributed by atoms with Crippen LogP contribution in [-0.4, -0.2) is 29.3 Å². The largest absolute Gasteiger partial charge is 0.303 e. The number of nitrogens with zero attached hydrogens (tertiary/aromatic N) is 2. The zero-order valence-corrected chi connectivity index (χ0v) is 10.8. The highest BCUT2D eigenvalue weighted by molar-refractivity contribution is 8.15. The van der Waals surface area contributed by atoms with Crippen LogP contribution in [0.5, 0.6) is 0 Å². The summed E-state index contributed by atoms with van der Waals surface area (Å²) >= 11 is 3.06. The van der Waals surface area contributed by atoms with E-state index in [9.17, 15) is 4.79 Å². The van der Waals surface area contributed by atoms with E-state index in [-0.39, 0.29) is 5.91 Å². The van der Waals surface area contributed by atoms with Gasteiger partial charge >= 0.3 is 0 Å². The lowest BCUT2D eigenvalue weighted by Gasteiger charge is -1.95. The number of amides is 1. The average Bonchev–Trinajstić information content (AvgIpc) is 2.76. The van der Waals surface area contributed by atoms with Crippen LogP contribution < -0.4 is 5.32 Å². The fourth-order valence-corrected chi connectivity index (χ4v) is 2.26. The van der Waals surface area contributed by atoms with Gasteiger partial charge in [-0.3, -0.25) is 4.79 Å². The highest BCUT2D eigenvalue weighted by atomic mass is 32.2. The van der Waals surface area contributed by atoms with Crippen molar-refractivity contribution in [2.45, 2.75) is 4.90 Å². The summed E-state index contributed by atoms with van der Waals surface area (Å²) < 4.78 is 0. The molecule has 0 aliphatic carbocycles. The predicted molar refractivity (Wildman–Crippen MR) is 73.9 cm³/mol. The lowest BCUT2D eigenvalue weighted by atomic mass is 10.2. The molecule has 1 amide bonds. The van der Waals surface area contributed by atoms with E-state index in [0.717, 1.165) is 5.56 Å². The maximum absolute atomic E-state index is 10.9. The summed E-state index contributed by atoms with van der Waals surface area (Å²) in [6.45, 7) is 0. The minimum Gasteiger partial charge on any atom is -0.303 e.